The Bertz CT molecular complexity index is 879. The van der Waals surface area contributed by atoms with Crippen molar-refractivity contribution in [2.45, 2.75) is 19.7 Å². The van der Waals surface area contributed by atoms with Crippen LogP contribution in [0.4, 0.5) is 0 Å². The first kappa shape index (κ1) is 19.4. The standard InChI is InChI=1S/C23H26N4O/c1-27(2)23(25-16-19-9-4-3-5-10-19)26-17-20-11-8-13-22(15-20)28-18-21-12-6-7-14-24-21/h3-15H,16-18H2,1-2H3,(H,25,26). The fourth-order valence-corrected chi connectivity index (χ4v) is 2.67. The Morgan fingerprint density at radius 3 is 2.50 bits per heavy atom. The largest absolute Gasteiger partial charge is 0.487 e. The van der Waals surface area contributed by atoms with Gasteiger partial charge >= 0.3 is 0 Å². The summed E-state index contributed by atoms with van der Waals surface area (Å²) in [7, 11) is 3.98. The Balaban J connectivity index is 1.59. The summed E-state index contributed by atoms with van der Waals surface area (Å²) in [4.78, 5) is 11.0. The second-order valence-electron chi connectivity index (χ2n) is 6.63. The smallest absolute Gasteiger partial charge is 0.194 e. The van der Waals surface area contributed by atoms with Crippen LogP contribution in [0.1, 0.15) is 16.8 Å². The molecule has 3 aromatic rings. The van der Waals surface area contributed by atoms with Gasteiger partial charge in [0.1, 0.15) is 12.4 Å². The number of ether oxygens (including phenoxy) is 1. The number of hydrogen-bond acceptors (Lipinski definition) is 3. The number of nitrogens with one attached hydrogen (secondary N) is 1. The normalized spacial score (nSPS) is 11.1. The Hall–Kier alpha value is -3.34. The van der Waals surface area contributed by atoms with Gasteiger partial charge in [-0.15, -0.1) is 0 Å². The first-order valence-electron chi connectivity index (χ1n) is 9.32. The SMILES string of the molecule is CN(C)C(=NCc1cccc(OCc2ccccn2)c1)NCc1ccccc1. The van der Waals surface area contributed by atoms with E-state index in [1.165, 1.54) is 5.56 Å². The molecule has 28 heavy (non-hydrogen) atoms. The van der Waals surface area contributed by atoms with Crippen molar-refractivity contribution in [3.63, 3.8) is 0 Å². The molecule has 1 N–H and O–H groups in total. The van der Waals surface area contributed by atoms with E-state index in [1.807, 2.05) is 73.6 Å². The zero-order valence-corrected chi connectivity index (χ0v) is 16.4. The lowest BCUT2D eigenvalue weighted by molar-refractivity contribution is 0.301. The minimum absolute atomic E-state index is 0.454. The van der Waals surface area contributed by atoms with E-state index in [4.69, 9.17) is 9.73 Å². The average Bonchev–Trinajstić information content (AvgIpc) is 2.74. The van der Waals surface area contributed by atoms with Crippen LogP contribution in [0.15, 0.2) is 84.0 Å². The number of aromatic nitrogens is 1. The predicted molar refractivity (Wildman–Crippen MR) is 113 cm³/mol. The highest BCUT2D eigenvalue weighted by molar-refractivity contribution is 5.79. The molecular weight excluding hydrogens is 348 g/mol. The summed E-state index contributed by atoms with van der Waals surface area (Å²) in [6.07, 6.45) is 1.77. The number of nitrogens with zero attached hydrogens (tertiary/aromatic N) is 3. The summed E-state index contributed by atoms with van der Waals surface area (Å²) in [6, 6.07) is 24.1. The summed E-state index contributed by atoms with van der Waals surface area (Å²) in [5.74, 6) is 1.67. The molecule has 0 saturated heterocycles. The Kier molecular flexibility index (Phi) is 7.01. The highest BCUT2D eigenvalue weighted by atomic mass is 16.5. The van der Waals surface area contributed by atoms with Gasteiger partial charge in [-0.2, -0.15) is 0 Å². The molecule has 0 aliphatic rings. The molecule has 5 heteroatoms. The molecule has 0 bridgehead atoms. The van der Waals surface area contributed by atoms with Crippen molar-refractivity contribution < 1.29 is 4.74 Å². The van der Waals surface area contributed by atoms with Crippen LogP contribution in [-0.2, 0) is 19.7 Å². The fourth-order valence-electron chi connectivity index (χ4n) is 2.67. The van der Waals surface area contributed by atoms with Crippen molar-refractivity contribution in [3.8, 4) is 5.75 Å². The molecule has 0 amide bonds. The predicted octanol–water partition coefficient (Wildman–Crippen LogP) is 3.87. The number of aliphatic imine (C=N–C) groups is 1. The second-order valence-corrected chi connectivity index (χ2v) is 6.63. The van der Waals surface area contributed by atoms with Crippen molar-refractivity contribution in [2.24, 2.45) is 4.99 Å². The molecule has 0 fully saturated rings. The van der Waals surface area contributed by atoms with Crippen LogP contribution in [0.5, 0.6) is 5.75 Å². The second kappa shape index (κ2) is 10.1. The van der Waals surface area contributed by atoms with Crippen LogP contribution < -0.4 is 10.1 Å². The van der Waals surface area contributed by atoms with Gasteiger partial charge in [-0.3, -0.25) is 4.98 Å². The molecule has 2 aromatic carbocycles. The Labute approximate surface area is 166 Å². The molecule has 0 aliphatic carbocycles. The molecule has 0 spiro atoms. The molecule has 5 nitrogen and oxygen atoms in total. The van der Waals surface area contributed by atoms with Crippen LogP contribution in [-0.4, -0.2) is 29.9 Å². The molecule has 0 atom stereocenters. The van der Waals surface area contributed by atoms with Crippen LogP contribution in [0.3, 0.4) is 0 Å². The van der Waals surface area contributed by atoms with Crippen molar-refractivity contribution in [2.75, 3.05) is 14.1 Å². The van der Waals surface area contributed by atoms with Crippen LogP contribution >= 0.6 is 0 Å². The van der Waals surface area contributed by atoms with Crippen molar-refractivity contribution in [1.29, 1.82) is 0 Å². The lowest BCUT2D eigenvalue weighted by atomic mass is 10.2. The fraction of sp³-hybridized carbons (Fsp3) is 0.217. The third-order valence-electron chi connectivity index (χ3n) is 4.14. The van der Waals surface area contributed by atoms with Crippen LogP contribution in [0.25, 0.3) is 0 Å². The van der Waals surface area contributed by atoms with Gasteiger partial charge in [0.2, 0.25) is 0 Å². The van der Waals surface area contributed by atoms with Gasteiger partial charge in [-0.05, 0) is 35.4 Å². The zero-order valence-electron chi connectivity index (χ0n) is 16.4. The molecular formula is C23H26N4O. The molecule has 0 aliphatic heterocycles. The van der Waals surface area contributed by atoms with Gasteiger partial charge < -0.3 is 15.0 Å². The summed E-state index contributed by atoms with van der Waals surface area (Å²) in [6.45, 7) is 1.77. The van der Waals surface area contributed by atoms with Gasteiger partial charge in [0.25, 0.3) is 0 Å². The zero-order chi connectivity index (χ0) is 19.6. The van der Waals surface area contributed by atoms with Gasteiger partial charge in [-0.25, -0.2) is 4.99 Å². The monoisotopic (exact) mass is 374 g/mol. The van der Waals surface area contributed by atoms with E-state index < -0.39 is 0 Å². The van der Waals surface area contributed by atoms with Gasteiger partial charge in [-0.1, -0.05) is 48.5 Å². The minimum atomic E-state index is 0.454. The van der Waals surface area contributed by atoms with E-state index in [2.05, 4.69) is 28.5 Å². The number of benzene rings is 2. The molecule has 3 rings (SSSR count). The molecule has 1 heterocycles. The Morgan fingerprint density at radius 2 is 1.75 bits per heavy atom. The topological polar surface area (TPSA) is 49.8 Å². The Morgan fingerprint density at radius 1 is 0.964 bits per heavy atom. The van der Waals surface area contributed by atoms with E-state index in [-0.39, 0.29) is 0 Å². The molecule has 1 aromatic heterocycles. The maximum Gasteiger partial charge on any atom is 0.194 e. The van der Waals surface area contributed by atoms with Gasteiger partial charge in [0.05, 0.1) is 12.2 Å². The first-order chi connectivity index (χ1) is 13.7. The first-order valence-corrected chi connectivity index (χ1v) is 9.32. The summed E-state index contributed by atoms with van der Waals surface area (Å²) >= 11 is 0. The quantitative estimate of drug-likeness (QED) is 0.504. The average molecular weight is 374 g/mol. The van der Waals surface area contributed by atoms with Gasteiger partial charge in [0, 0.05) is 26.8 Å². The number of guanidine groups is 1. The van der Waals surface area contributed by atoms with E-state index in [1.54, 1.807) is 6.20 Å². The van der Waals surface area contributed by atoms with Crippen molar-refractivity contribution in [3.05, 3.63) is 95.8 Å². The molecule has 0 unspecified atom stereocenters. The molecule has 0 saturated carbocycles. The molecule has 0 radical (unpaired) electrons. The maximum atomic E-state index is 5.86. The summed E-state index contributed by atoms with van der Waals surface area (Å²) in [5, 5.41) is 3.40. The van der Waals surface area contributed by atoms with Gasteiger partial charge in [0.15, 0.2) is 5.96 Å². The highest BCUT2D eigenvalue weighted by Gasteiger charge is 2.03. The number of pyridine rings is 1. The van der Waals surface area contributed by atoms with Crippen LogP contribution in [0.2, 0.25) is 0 Å². The van der Waals surface area contributed by atoms with Crippen molar-refractivity contribution >= 4 is 5.96 Å². The summed E-state index contributed by atoms with van der Waals surface area (Å²) in [5.41, 5.74) is 3.23. The molecule has 144 valence electrons. The lowest BCUT2D eigenvalue weighted by Crippen LogP contribution is -2.36. The number of rotatable bonds is 7. The minimum Gasteiger partial charge on any atom is -0.487 e. The third kappa shape index (κ3) is 6.13. The highest BCUT2D eigenvalue weighted by Crippen LogP contribution is 2.15. The van der Waals surface area contributed by atoms with E-state index in [0.29, 0.717) is 13.2 Å². The maximum absolute atomic E-state index is 5.86. The summed E-state index contributed by atoms with van der Waals surface area (Å²) < 4.78 is 5.86. The van der Waals surface area contributed by atoms with E-state index in [0.717, 1.165) is 29.5 Å². The van der Waals surface area contributed by atoms with E-state index >= 15 is 0 Å². The van der Waals surface area contributed by atoms with E-state index in [9.17, 15) is 0 Å². The lowest BCUT2D eigenvalue weighted by Gasteiger charge is -2.18. The third-order valence-corrected chi connectivity index (χ3v) is 4.14. The van der Waals surface area contributed by atoms with Crippen molar-refractivity contribution in [1.82, 2.24) is 15.2 Å². The van der Waals surface area contributed by atoms with Crippen LogP contribution in [0, 0.1) is 0 Å². The number of hydrogen-bond donors (Lipinski definition) is 1.